The molecule has 0 fully saturated rings. The van der Waals surface area contributed by atoms with Crippen molar-refractivity contribution in [2.24, 2.45) is 0 Å². The van der Waals surface area contributed by atoms with Gasteiger partial charge in [0, 0.05) is 5.69 Å². The minimum Gasteiger partial charge on any atom is -0.497 e. The van der Waals surface area contributed by atoms with Gasteiger partial charge in [0.05, 0.1) is 14.2 Å². The van der Waals surface area contributed by atoms with Crippen LogP contribution in [-0.2, 0) is 10.2 Å². The third kappa shape index (κ3) is 2.15. The molecule has 0 radical (unpaired) electrons. The topological polar surface area (TPSA) is 47.6 Å². The van der Waals surface area contributed by atoms with Crippen LogP contribution < -0.4 is 14.8 Å². The fourth-order valence-corrected chi connectivity index (χ4v) is 4.28. The molecule has 1 aliphatic heterocycles. The van der Waals surface area contributed by atoms with Gasteiger partial charge in [-0.25, -0.2) is 0 Å². The minimum absolute atomic E-state index is 0.0354. The number of ether oxygens (including phenoxy) is 2. The summed E-state index contributed by atoms with van der Waals surface area (Å²) in [5.41, 5.74) is 5.04. The van der Waals surface area contributed by atoms with E-state index >= 15 is 0 Å². The molecule has 2 aliphatic rings. The Morgan fingerprint density at radius 2 is 1.54 bits per heavy atom. The average molecular weight is 369 g/mol. The number of carbonyl (C=O) groups is 1. The zero-order valence-electron chi connectivity index (χ0n) is 15.7. The van der Waals surface area contributed by atoms with Crippen LogP contribution in [-0.4, -0.2) is 20.1 Å². The first-order chi connectivity index (χ1) is 13.7. The van der Waals surface area contributed by atoms with Gasteiger partial charge in [0.15, 0.2) is 0 Å². The van der Waals surface area contributed by atoms with E-state index in [0.717, 1.165) is 45.0 Å². The van der Waals surface area contributed by atoms with Gasteiger partial charge in [0.25, 0.3) is 0 Å². The fourth-order valence-electron chi connectivity index (χ4n) is 4.28. The van der Waals surface area contributed by atoms with E-state index in [1.165, 1.54) is 0 Å². The number of hydrogen-bond donors (Lipinski definition) is 1. The molecule has 0 unspecified atom stereocenters. The van der Waals surface area contributed by atoms with Gasteiger partial charge in [0.1, 0.15) is 16.9 Å². The van der Waals surface area contributed by atoms with E-state index in [0.29, 0.717) is 0 Å². The standard InChI is InChI=1S/C24H19NO3/c1-27-16-9-7-15(8-10-16)19-14-24(21-13-17(28-2)11-12-18(19)21)20-5-3-4-6-22(20)25-23(24)26/h3-14H,1-2H3,(H,25,26)/t24-/m1/s1. The van der Waals surface area contributed by atoms with Gasteiger partial charge in [-0.15, -0.1) is 0 Å². The van der Waals surface area contributed by atoms with Crippen molar-refractivity contribution in [2.45, 2.75) is 5.41 Å². The van der Waals surface area contributed by atoms with E-state index in [2.05, 4.69) is 11.4 Å². The summed E-state index contributed by atoms with van der Waals surface area (Å²) in [5, 5.41) is 3.05. The summed E-state index contributed by atoms with van der Waals surface area (Å²) in [4.78, 5) is 13.3. The molecule has 1 aliphatic carbocycles. The van der Waals surface area contributed by atoms with E-state index in [1.54, 1.807) is 14.2 Å². The zero-order chi connectivity index (χ0) is 19.3. The second kappa shape index (κ2) is 5.99. The first kappa shape index (κ1) is 16.6. The highest BCUT2D eigenvalue weighted by molar-refractivity contribution is 6.14. The van der Waals surface area contributed by atoms with Crippen molar-refractivity contribution >= 4 is 17.2 Å². The van der Waals surface area contributed by atoms with Crippen LogP contribution in [0.2, 0.25) is 0 Å². The monoisotopic (exact) mass is 369 g/mol. The first-order valence-electron chi connectivity index (χ1n) is 9.14. The third-order valence-electron chi connectivity index (χ3n) is 5.66. The number of anilines is 1. The molecule has 5 rings (SSSR count). The molecule has 1 atom stereocenters. The van der Waals surface area contributed by atoms with Crippen molar-refractivity contribution in [3.8, 4) is 11.5 Å². The second-order valence-corrected chi connectivity index (χ2v) is 7.01. The molecule has 1 N–H and O–H groups in total. The van der Waals surface area contributed by atoms with Crippen LogP contribution in [0.4, 0.5) is 5.69 Å². The van der Waals surface area contributed by atoms with Gasteiger partial charge >= 0.3 is 0 Å². The van der Waals surface area contributed by atoms with Crippen LogP contribution in [0.15, 0.2) is 72.8 Å². The molecule has 1 amide bonds. The number of benzene rings is 3. The van der Waals surface area contributed by atoms with Crippen LogP contribution in [0, 0.1) is 0 Å². The highest BCUT2D eigenvalue weighted by Crippen LogP contribution is 2.53. The number of para-hydroxylation sites is 1. The van der Waals surface area contributed by atoms with Crippen LogP contribution in [0.1, 0.15) is 22.3 Å². The molecule has 138 valence electrons. The molecule has 0 aromatic heterocycles. The highest BCUT2D eigenvalue weighted by Gasteiger charge is 2.51. The number of hydrogen-bond acceptors (Lipinski definition) is 3. The van der Waals surface area contributed by atoms with Crippen LogP contribution >= 0.6 is 0 Å². The summed E-state index contributed by atoms with van der Waals surface area (Å²) >= 11 is 0. The molecule has 0 saturated carbocycles. The number of fused-ring (bicyclic) bond motifs is 4. The number of nitrogens with one attached hydrogen (secondary N) is 1. The summed E-state index contributed by atoms with van der Waals surface area (Å²) in [6, 6.07) is 21.7. The van der Waals surface area contributed by atoms with Gasteiger partial charge in [0.2, 0.25) is 5.91 Å². The van der Waals surface area contributed by atoms with Gasteiger partial charge in [-0.2, -0.15) is 0 Å². The van der Waals surface area contributed by atoms with Gasteiger partial charge in [-0.05, 0) is 58.2 Å². The summed E-state index contributed by atoms with van der Waals surface area (Å²) in [6.45, 7) is 0. The highest BCUT2D eigenvalue weighted by atomic mass is 16.5. The Labute approximate surface area is 163 Å². The molecular weight excluding hydrogens is 350 g/mol. The Balaban J connectivity index is 1.78. The largest absolute Gasteiger partial charge is 0.497 e. The molecule has 3 aromatic rings. The Morgan fingerprint density at radius 1 is 0.821 bits per heavy atom. The molecule has 1 heterocycles. The van der Waals surface area contributed by atoms with Crippen molar-refractivity contribution in [3.63, 3.8) is 0 Å². The van der Waals surface area contributed by atoms with Crippen molar-refractivity contribution in [1.82, 2.24) is 0 Å². The number of methoxy groups -OCH3 is 2. The molecule has 0 saturated heterocycles. The zero-order valence-corrected chi connectivity index (χ0v) is 15.7. The molecular formula is C24H19NO3. The van der Waals surface area contributed by atoms with Gasteiger partial charge < -0.3 is 14.8 Å². The van der Waals surface area contributed by atoms with Crippen LogP contribution in [0.3, 0.4) is 0 Å². The SMILES string of the molecule is COc1ccc(C2=C[C@]3(C(=O)Nc4ccccc43)c3cc(OC)ccc32)cc1. The Kier molecular flexibility index (Phi) is 3.56. The summed E-state index contributed by atoms with van der Waals surface area (Å²) in [7, 11) is 3.30. The maximum Gasteiger partial charge on any atom is 0.243 e. The molecule has 4 heteroatoms. The minimum atomic E-state index is -0.851. The smallest absolute Gasteiger partial charge is 0.243 e. The third-order valence-corrected chi connectivity index (χ3v) is 5.66. The molecule has 3 aromatic carbocycles. The van der Waals surface area contributed by atoms with Crippen LogP contribution in [0.25, 0.3) is 5.57 Å². The molecule has 4 nitrogen and oxygen atoms in total. The number of carbonyl (C=O) groups excluding carboxylic acids is 1. The average Bonchev–Trinajstić information content (AvgIpc) is 3.24. The maximum atomic E-state index is 13.3. The summed E-state index contributed by atoms with van der Waals surface area (Å²) < 4.78 is 10.8. The second-order valence-electron chi connectivity index (χ2n) is 7.01. The van der Waals surface area contributed by atoms with Crippen molar-refractivity contribution in [3.05, 3.63) is 95.1 Å². The lowest BCUT2D eigenvalue weighted by Crippen LogP contribution is -2.32. The van der Waals surface area contributed by atoms with Crippen LogP contribution in [0.5, 0.6) is 11.5 Å². The molecule has 1 spiro atoms. The van der Waals surface area contributed by atoms with Gasteiger partial charge in [-0.1, -0.05) is 42.5 Å². The maximum absolute atomic E-state index is 13.3. The predicted molar refractivity (Wildman–Crippen MR) is 109 cm³/mol. The fraction of sp³-hybridized carbons (Fsp3) is 0.125. The normalized spacial score (nSPS) is 19.1. The van der Waals surface area contributed by atoms with Crippen molar-refractivity contribution in [1.29, 1.82) is 0 Å². The van der Waals surface area contributed by atoms with Crippen molar-refractivity contribution < 1.29 is 14.3 Å². The Morgan fingerprint density at radius 3 is 2.29 bits per heavy atom. The van der Waals surface area contributed by atoms with E-state index in [4.69, 9.17) is 9.47 Å². The summed E-state index contributed by atoms with van der Waals surface area (Å²) in [6.07, 6.45) is 2.08. The number of amides is 1. The van der Waals surface area contributed by atoms with E-state index in [-0.39, 0.29) is 5.91 Å². The summed E-state index contributed by atoms with van der Waals surface area (Å²) in [5.74, 6) is 1.50. The lowest BCUT2D eigenvalue weighted by Gasteiger charge is -2.22. The number of rotatable bonds is 3. The Bertz CT molecular complexity index is 1130. The van der Waals surface area contributed by atoms with Gasteiger partial charge in [-0.3, -0.25) is 4.79 Å². The Hall–Kier alpha value is -3.53. The van der Waals surface area contributed by atoms with Crippen molar-refractivity contribution in [2.75, 3.05) is 19.5 Å². The van der Waals surface area contributed by atoms with E-state index in [9.17, 15) is 4.79 Å². The lowest BCUT2D eigenvalue weighted by atomic mass is 9.77. The first-order valence-corrected chi connectivity index (χ1v) is 9.14. The van der Waals surface area contributed by atoms with E-state index in [1.807, 2.05) is 66.7 Å². The van der Waals surface area contributed by atoms with E-state index < -0.39 is 5.41 Å². The predicted octanol–water partition coefficient (Wildman–Crippen LogP) is 4.39. The molecule has 28 heavy (non-hydrogen) atoms. The lowest BCUT2D eigenvalue weighted by molar-refractivity contribution is -0.118. The quantitative estimate of drug-likeness (QED) is 0.745. The molecule has 0 bridgehead atoms.